The van der Waals surface area contributed by atoms with Crippen molar-refractivity contribution in [3.63, 3.8) is 0 Å². The minimum Gasteiger partial charge on any atom is -0.475 e. The molecule has 12 rings (SSSR count). The van der Waals surface area contributed by atoms with E-state index in [1.807, 2.05) is 66.7 Å². The number of nitrogens with one attached hydrogen (secondary N) is 3. The number of aromatic nitrogens is 6. The number of aliphatic carboxylic acids is 1. The van der Waals surface area contributed by atoms with E-state index >= 15 is 0 Å². The van der Waals surface area contributed by atoms with Gasteiger partial charge in [0.25, 0.3) is 0 Å². The number of rotatable bonds is 17. The number of hydrogen-bond acceptors (Lipinski definition) is 19. The molecule has 97 heavy (non-hydrogen) atoms. The van der Waals surface area contributed by atoms with Gasteiger partial charge in [-0.2, -0.15) is 26.3 Å². The second-order valence-corrected chi connectivity index (χ2v) is 20.0. The Kier molecular flexibility index (Phi) is 27.6. The third-order valence-corrected chi connectivity index (χ3v) is 13.2. The van der Waals surface area contributed by atoms with Crippen molar-refractivity contribution in [3.8, 4) is 34.5 Å². The Morgan fingerprint density at radius 3 is 1.33 bits per heavy atom. The van der Waals surface area contributed by atoms with Crippen molar-refractivity contribution in [2.75, 3.05) is 20.4 Å². The molecule has 6 aromatic heterocycles. The molecule has 24 nitrogen and oxygen atoms in total. The highest BCUT2D eigenvalue weighted by molar-refractivity contribution is 5.91. The van der Waals surface area contributed by atoms with Crippen molar-refractivity contribution in [2.24, 2.45) is 5.73 Å². The average Bonchev–Trinajstić information content (AvgIpc) is 1.12. The topological polar surface area (TPSA) is 308 Å². The van der Waals surface area contributed by atoms with Gasteiger partial charge in [-0.25, -0.2) is 11.4 Å². The number of nitrogens with zero attached hydrogens (tertiary/aromatic N) is 8. The molecule has 3 amide bonds. The highest BCUT2D eigenvalue weighted by Gasteiger charge is 2.47. The van der Waals surface area contributed by atoms with E-state index in [0.717, 1.165) is 34.1 Å². The molecular formula is C67H60F6N12O12. The molecule has 0 saturated heterocycles. The Hall–Kier alpha value is -12.1. The van der Waals surface area contributed by atoms with E-state index in [1.54, 1.807) is 86.1 Å². The van der Waals surface area contributed by atoms with Crippen LogP contribution >= 0.6 is 0 Å². The Bertz CT molecular complexity index is 4010. The molecule has 502 valence electrons. The maximum Gasteiger partial charge on any atom is 0.490 e. The van der Waals surface area contributed by atoms with Crippen LogP contribution in [-0.2, 0) is 58.4 Å². The SMILES string of the molecule is NCc1cccnc1.O=C(NCc1cccnc1)C(NCc1cccnc1)c1ccc2c(c1)OCO2.O=C(NCc1cccnc1)C(c1ccc2c(c1)OCO2)N(Cc1cccnc1)C(=O)C(F)(F)F.O=C(O)C(F)(F)F.O=Cc1ccc2c(c1)OCO2.[C-]#[N+]Cc1cccnc1. The van der Waals surface area contributed by atoms with Crippen LogP contribution in [0.5, 0.6) is 34.5 Å². The fraction of sp³-hybridized carbons (Fsp3) is 0.194. The van der Waals surface area contributed by atoms with Gasteiger partial charge in [0.1, 0.15) is 18.4 Å². The standard InChI is InChI=1S/C23H19F3N4O4.C21H20N4O3.C8H6O3.C7H6N2.C6H8N2.C2HF3O2/c24-23(25,26)22(32)30(13-16-4-2-8-28-11-16)20(17-5-6-18-19(9-17)34-14-33-18)21(31)29-12-15-3-1-7-27-10-15;26-21(25-13-16-4-2-8-23-11-16)20(24-12-15-3-1-7-22-10-15)17-5-6-18-19(9-17)28-14-27-18;9-4-6-1-2-7-8(3-6)11-5-10-7;1-8-5-7-3-2-4-9-6-7;7-4-6-2-1-3-8-5-6;3-2(4,5)1(6)7/h1-11,20H,12-14H2,(H,29,31);1-11,20,24H,12-14H2,(H,25,26);1-4H,5H2;2-4,6H,5H2;1-3,5H,4,7H2;(H,6,7). The van der Waals surface area contributed by atoms with E-state index in [9.17, 15) is 45.5 Å². The number of carboxylic acid groups (broad SMARTS) is 1. The molecule has 9 heterocycles. The molecular weight excluding hydrogens is 1280 g/mol. The van der Waals surface area contributed by atoms with Crippen LogP contribution < -0.4 is 50.1 Å². The van der Waals surface area contributed by atoms with Crippen molar-refractivity contribution in [1.29, 1.82) is 0 Å². The minimum atomic E-state index is -5.21. The molecule has 3 aromatic carbocycles. The van der Waals surface area contributed by atoms with Crippen LogP contribution in [-0.4, -0.2) is 103 Å². The highest BCUT2D eigenvalue weighted by Crippen LogP contribution is 2.38. The number of carbonyl (C=O) groups excluding carboxylic acids is 4. The first-order valence-corrected chi connectivity index (χ1v) is 28.8. The third-order valence-electron chi connectivity index (χ3n) is 13.2. The lowest BCUT2D eigenvalue weighted by Crippen LogP contribution is -2.48. The van der Waals surface area contributed by atoms with Gasteiger partial charge in [-0.15, -0.1) is 0 Å². The lowest BCUT2D eigenvalue weighted by atomic mass is 10.0. The summed E-state index contributed by atoms with van der Waals surface area (Å²) in [5.74, 6) is -2.51. The summed E-state index contributed by atoms with van der Waals surface area (Å²) in [6.45, 7) is 8.36. The zero-order valence-corrected chi connectivity index (χ0v) is 51.0. The number of amides is 3. The molecule has 3 aliphatic rings. The number of benzene rings is 3. The first kappa shape index (κ1) is 72.3. The third kappa shape index (κ3) is 23.5. The number of alkyl halides is 6. The van der Waals surface area contributed by atoms with E-state index in [1.165, 1.54) is 48.9 Å². The Morgan fingerprint density at radius 1 is 0.526 bits per heavy atom. The highest BCUT2D eigenvalue weighted by atomic mass is 19.4. The van der Waals surface area contributed by atoms with Gasteiger partial charge in [-0.1, -0.05) is 42.5 Å². The number of halogens is 6. The van der Waals surface area contributed by atoms with Crippen LogP contribution in [0, 0.1) is 6.57 Å². The summed E-state index contributed by atoms with van der Waals surface area (Å²) in [5.41, 5.74) is 11.8. The van der Waals surface area contributed by atoms with Gasteiger partial charge in [0, 0.05) is 118 Å². The molecule has 30 heteroatoms. The van der Waals surface area contributed by atoms with Gasteiger partial charge in [0.15, 0.2) is 34.5 Å². The molecule has 0 saturated carbocycles. The first-order chi connectivity index (χ1) is 46.8. The normalized spacial score (nSPS) is 12.3. The number of ether oxygens (including phenoxy) is 6. The molecule has 0 aliphatic carbocycles. The summed E-state index contributed by atoms with van der Waals surface area (Å²) in [6.07, 6.45) is 10.2. The number of fused-ring (bicyclic) bond motifs is 3. The summed E-state index contributed by atoms with van der Waals surface area (Å²) < 4.78 is 104. The molecule has 0 radical (unpaired) electrons. The van der Waals surface area contributed by atoms with Gasteiger partial charge >= 0.3 is 24.2 Å². The second kappa shape index (κ2) is 37.0. The van der Waals surface area contributed by atoms with Gasteiger partial charge in [0.05, 0.1) is 0 Å². The summed E-state index contributed by atoms with van der Waals surface area (Å²) in [5, 5.41) is 16.0. The lowest BCUT2D eigenvalue weighted by Gasteiger charge is -2.32. The van der Waals surface area contributed by atoms with Crippen molar-refractivity contribution >= 4 is 30.0 Å². The molecule has 2 unspecified atom stereocenters. The Morgan fingerprint density at radius 2 is 0.918 bits per heavy atom. The molecule has 0 fully saturated rings. The number of carboxylic acids is 1. The first-order valence-electron chi connectivity index (χ1n) is 28.8. The number of carbonyl (C=O) groups is 5. The van der Waals surface area contributed by atoms with Gasteiger partial charge in [-0.05, 0) is 124 Å². The quantitative estimate of drug-likeness (QED) is 0.0322. The number of aldehydes is 1. The van der Waals surface area contributed by atoms with Crippen LogP contribution in [0.15, 0.2) is 202 Å². The number of nitrogens with two attached hydrogens (primary N) is 1. The number of pyridine rings is 6. The minimum absolute atomic E-state index is 0.00860. The van der Waals surface area contributed by atoms with Crippen LogP contribution in [0.25, 0.3) is 4.85 Å². The fourth-order valence-corrected chi connectivity index (χ4v) is 8.54. The van der Waals surface area contributed by atoms with Crippen LogP contribution in [0.4, 0.5) is 26.3 Å². The molecule has 0 bridgehead atoms. The maximum absolute atomic E-state index is 13.6. The fourth-order valence-electron chi connectivity index (χ4n) is 8.54. The molecule has 3 aliphatic heterocycles. The van der Waals surface area contributed by atoms with E-state index in [0.29, 0.717) is 76.5 Å². The van der Waals surface area contributed by atoms with Crippen molar-refractivity contribution in [1.82, 2.24) is 50.8 Å². The monoisotopic (exact) mass is 1340 g/mol. The van der Waals surface area contributed by atoms with Crippen molar-refractivity contribution in [3.05, 3.63) is 263 Å². The molecule has 6 N–H and O–H groups in total. The summed E-state index contributed by atoms with van der Waals surface area (Å²) >= 11 is 0. The maximum atomic E-state index is 13.6. The zero-order valence-electron chi connectivity index (χ0n) is 51.0. The molecule has 9 aromatic rings. The average molecular weight is 1340 g/mol. The molecule has 2 atom stereocenters. The number of hydrogen-bond donors (Lipinski definition) is 5. The summed E-state index contributed by atoms with van der Waals surface area (Å²) in [4.78, 5) is 85.5. The van der Waals surface area contributed by atoms with Crippen molar-refractivity contribution in [2.45, 2.75) is 63.7 Å². The smallest absolute Gasteiger partial charge is 0.475 e. The van der Waals surface area contributed by atoms with Gasteiger partial charge < -0.3 is 59.6 Å². The summed E-state index contributed by atoms with van der Waals surface area (Å²) in [7, 11) is 0. The predicted octanol–water partition coefficient (Wildman–Crippen LogP) is 9.41. The van der Waals surface area contributed by atoms with Crippen molar-refractivity contribution < 1.29 is 83.8 Å². The predicted molar refractivity (Wildman–Crippen MR) is 333 cm³/mol. The van der Waals surface area contributed by atoms with E-state index < -0.39 is 48.8 Å². The second-order valence-electron chi connectivity index (χ2n) is 20.0. The van der Waals surface area contributed by atoms with Crippen LogP contribution in [0.1, 0.15) is 66.9 Å². The Balaban J connectivity index is 0.000000185. The van der Waals surface area contributed by atoms with E-state index in [-0.39, 0.29) is 44.1 Å². The zero-order chi connectivity index (χ0) is 69.4. The van der Waals surface area contributed by atoms with Gasteiger partial charge in [-0.3, -0.25) is 54.4 Å². The van der Waals surface area contributed by atoms with E-state index in [4.69, 9.17) is 50.6 Å². The summed E-state index contributed by atoms with van der Waals surface area (Å²) in [6, 6.07) is 34.4. The van der Waals surface area contributed by atoms with Crippen LogP contribution in [0.3, 0.4) is 0 Å². The van der Waals surface area contributed by atoms with E-state index in [2.05, 4.69) is 50.7 Å². The Labute approximate surface area is 550 Å². The molecule has 0 spiro atoms. The largest absolute Gasteiger partial charge is 0.490 e. The lowest BCUT2D eigenvalue weighted by molar-refractivity contribution is -0.192. The van der Waals surface area contributed by atoms with Gasteiger partial charge in [0.2, 0.25) is 38.7 Å². The van der Waals surface area contributed by atoms with Crippen LogP contribution in [0.2, 0.25) is 0 Å².